The quantitative estimate of drug-likeness (QED) is 0.783. The summed E-state index contributed by atoms with van der Waals surface area (Å²) in [5, 5.41) is 2.54. The third-order valence-electron chi connectivity index (χ3n) is 4.96. The number of hydrogen-bond donors (Lipinski definition) is 1. The van der Waals surface area contributed by atoms with Crippen LogP contribution in [0.3, 0.4) is 0 Å². The van der Waals surface area contributed by atoms with E-state index in [1.54, 1.807) is 18.2 Å². The van der Waals surface area contributed by atoms with Crippen molar-refractivity contribution in [3.05, 3.63) is 83.5 Å². The summed E-state index contributed by atoms with van der Waals surface area (Å²) in [7, 11) is 1.38. The van der Waals surface area contributed by atoms with Gasteiger partial charge < -0.3 is 9.88 Å². The summed E-state index contributed by atoms with van der Waals surface area (Å²) < 4.78 is 54.3. The van der Waals surface area contributed by atoms with Crippen LogP contribution in [-0.2, 0) is 23.4 Å². The van der Waals surface area contributed by atoms with Gasteiger partial charge in [0.2, 0.25) is 0 Å². The number of aromatic nitrogens is 1. The highest BCUT2D eigenvalue weighted by atomic mass is 19.4. The molecule has 2 aromatic rings. The molecule has 0 spiro atoms. The molecule has 2 unspecified atom stereocenters. The number of hydrogen-bond acceptors (Lipinski definition) is 2. The number of carbonyl (C=O) groups is 2. The first-order valence-corrected chi connectivity index (χ1v) is 8.73. The first kappa shape index (κ1) is 20.6. The Morgan fingerprint density at radius 2 is 1.76 bits per heavy atom. The fourth-order valence-corrected chi connectivity index (χ4v) is 3.55. The maximum Gasteiger partial charge on any atom is 0.418 e. The Labute approximate surface area is 164 Å². The van der Waals surface area contributed by atoms with Crippen molar-refractivity contribution in [1.29, 1.82) is 0 Å². The van der Waals surface area contributed by atoms with Crippen LogP contribution in [0.4, 0.5) is 17.6 Å². The van der Waals surface area contributed by atoms with E-state index in [4.69, 9.17) is 0 Å². The number of carbonyl (C=O) groups excluding carboxylic acids is 2. The lowest BCUT2D eigenvalue weighted by Crippen LogP contribution is -2.53. The summed E-state index contributed by atoms with van der Waals surface area (Å²) in [4.78, 5) is 25.4. The number of allylic oxidation sites excluding steroid dienone is 2. The van der Waals surface area contributed by atoms with Crippen LogP contribution >= 0.6 is 0 Å². The van der Waals surface area contributed by atoms with E-state index < -0.39 is 40.5 Å². The normalized spacial score (nSPS) is 21.2. The van der Waals surface area contributed by atoms with Gasteiger partial charge >= 0.3 is 6.18 Å². The van der Waals surface area contributed by atoms with E-state index in [2.05, 4.69) is 5.32 Å². The standard InChI is InChI=1S/C21H18F4N2O2/c1-13(28)20(14-6-8-15(22)9-7-14)10-4-3-5-18(20)26-19(29)16-11-27(2)12-17(16)21(23,24)25/h3-12,18H,1-2H3,(H,26,29). The summed E-state index contributed by atoms with van der Waals surface area (Å²) in [5.74, 6) is -1.81. The molecule has 1 aromatic heterocycles. The SMILES string of the molecule is CC(=O)C1(c2ccc(F)cc2)C=CC=CC1NC(=O)c1cn(C)cc1C(F)(F)F. The summed E-state index contributed by atoms with van der Waals surface area (Å²) in [6.07, 6.45) is 3.48. The molecule has 0 bridgehead atoms. The van der Waals surface area contributed by atoms with Crippen molar-refractivity contribution in [1.82, 2.24) is 9.88 Å². The molecule has 4 nitrogen and oxygen atoms in total. The lowest BCUT2D eigenvalue weighted by molar-refractivity contribution is -0.138. The number of Topliss-reactive ketones (excluding diaryl/α,β-unsaturated/α-hetero) is 1. The summed E-state index contributed by atoms with van der Waals surface area (Å²) in [6.45, 7) is 1.32. The summed E-state index contributed by atoms with van der Waals surface area (Å²) >= 11 is 0. The second-order valence-corrected chi connectivity index (χ2v) is 6.88. The molecule has 8 heteroatoms. The Kier molecular flexibility index (Phi) is 5.21. The van der Waals surface area contributed by atoms with Crippen LogP contribution in [0.5, 0.6) is 0 Å². The molecule has 1 N–H and O–H groups in total. The van der Waals surface area contributed by atoms with Crippen molar-refractivity contribution in [2.24, 2.45) is 7.05 Å². The third-order valence-corrected chi connectivity index (χ3v) is 4.96. The van der Waals surface area contributed by atoms with Gasteiger partial charge in [0.05, 0.1) is 22.6 Å². The van der Waals surface area contributed by atoms with Crippen molar-refractivity contribution >= 4 is 11.7 Å². The number of halogens is 4. The van der Waals surface area contributed by atoms with Gasteiger partial charge in [0.1, 0.15) is 11.6 Å². The zero-order valence-electron chi connectivity index (χ0n) is 15.6. The molecule has 0 fully saturated rings. The minimum atomic E-state index is -4.70. The molecule has 0 saturated heterocycles. The maximum absolute atomic E-state index is 13.4. The average molecular weight is 406 g/mol. The minimum absolute atomic E-state index is 0.348. The van der Waals surface area contributed by atoms with E-state index in [9.17, 15) is 27.2 Å². The van der Waals surface area contributed by atoms with Gasteiger partial charge in [-0.25, -0.2) is 4.39 Å². The number of ketones is 1. The van der Waals surface area contributed by atoms with Gasteiger partial charge in [-0.3, -0.25) is 9.59 Å². The molecule has 29 heavy (non-hydrogen) atoms. The van der Waals surface area contributed by atoms with E-state index in [-0.39, 0.29) is 5.78 Å². The fraction of sp³-hybridized carbons (Fsp3) is 0.238. The molecule has 1 heterocycles. The third kappa shape index (κ3) is 3.74. The van der Waals surface area contributed by atoms with Crippen LogP contribution in [0, 0.1) is 5.82 Å². The molecule has 152 valence electrons. The smallest absolute Gasteiger partial charge is 0.356 e. The van der Waals surface area contributed by atoms with E-state index in [1.807, 2.05) is 0 Å². The molecule has 1 aliphatic rings. The van der Waals surface area contributed by atoms with Crippen LogP contribution in [0.15, 0.2) is 61.0 Å². The molecule has 1 aliphatic carbocycles. The van der Waals surface area contributed by atoms with E-state index in [0.29, 0.717) is 5.56 Å². The largest absolute Gasteiger partial charge is 0.418 e. The molecule has 0 saturated carbocycles. The average Bonchev–Trinajstić information content (AvgIpc) is 3.05. The first-order valence-electron chi connectivity index (χ1n) is 8.73. The van der Waals surface area contributed by atoms with Gasteiger partial charge in [-0.2, -0.15) is 13.2 Å². The Hall–Kier alpha value is -3.16. The molecular formula is C21H18F4N2O2. The van der Waals surface area contributed by atoms with Crippen LogP contribution in [-0.4, -0.2) is 22.3 Å². The second-order valence-electron chi connectivity index (χ2n) is 6.88. The predicted octanol–water partition coefficient (Wildman–Crippen LogP) is 3.93. The molecule has 0 radical (unpaired) electrons. The predicted molar refractivity (Wildman–Crippen MR) is 98.7 cm³/mol. The molecule has 1 amide bonds. The highest BCUT2D eigenvalue weighted by molar-refractivity contribution is 5.98. The zero-order chi connectivity index (χ0) is 21.4. The summed E-state index contributed by atoms with van der Waals surface area (Å²) in [5.41, 5.74) is -2.56. The minimum Gasteiger partial charge on any atom is -0.356 e. The fourth-order valence-electron chi connectivity index (χ4n) is 3.55. The lowest BCUT2D eigenvalue weighted by Gasteiger charge is -2.37. The first-order chi connectivity index (χ1) is 13.6. The number of nitrogens with zero attached hydrogens (tertiary/aromatic N) is 1. The monoisotopic (exact) mass is 406 g/mol. The topological polar surface area (TPSA) is 51.1 Å². The molecule has 1 aromatic carbocycles. The molecule has 0 aliphatic heterocycles. The lowest BCUT2D eigenvalue weighted by atomic mass is 9.69. The Morgan fingerprint density at radius 1 is 1.10 bits per heavy atom. The van der Waals surface area contributed by atoms with Crippen molar-refractivity contribution in [3.63, 3.8) is 0 Å². The van der Waals surface area contributed by atoms with Crippen molar-refractivity contribution in [2.75, 3.05) is 0 Å². The van der Waals surface area contributed by atoms with Crippen LogP contribution in [0.25, 0.3) is 0 Å². The molecular weight excluding hydrogens is 388 g/mol. The van der Waals surface area contributed by atoms with Gasteiger partial charge in [0.15, 0.2) is 0 Å². The van der Waals surface area contributed by atoms with Gasteiger partial charge in [0.25, 0.3) is 5.91 Å². The number of alkyl halides is 3. The number of amides is 1. The Balaban J connectivity index is 2.02. The van der Waals surface area contributed by atoms with Crippen molar-refractivity contribution < 1.29 is 27.2 Å². The van der Waals surface area contributed by atoms with Gasteiger partial charge in [-0.1, -0.05) is 36.4 Å². The highest BCUT2D eigenvalue weighted by Crippen LogP contribution is 2.36. The van der Waals surface area contributed by atoms with Crippen molar-refractivity contribution in [3.8, 4) is 0 Å². The van der Waals surface area contributed by atoms with E-state index >= 15 is 0 Å². The molecule has 2 atom stereocenters. The van der Waals surface area contributed by atoms with Crippen molar-refractivity contribution in [2.45, 2.75) is 24.6 Å². The number of nitrogens with one attached hydrogen (secondary N) is 1. The Morgan fingerprint density at radius 3 is 2.34 bits per heavy atom. The number of benzene rings is 1. The Bertz CT molecular complexity index is 1000. The maximum atomic E-state index is 13.4. The van der Waals surface area contributed by atoms with Crippen LogP contribution in [0.2, 0.25) is 0 Å². The highest BCUT2D eigenvalue weighted by Gasteiger charge is 2.44. The number of rotatable bonds is 4. The second kappa shape index (κ2) is 7.35. The van der Waals surface area contributed by atoms with Gasteiger partial charge in [-0.15, -0.1) is 0 Å². The number of aryl methyl sites for hydroxylation is 1. The molecule has 3 rings (SSSR count). The summed E-state index contributed by atoms with van der Waals surface area (Å²) in [6, 6.07) is 4.25. The van der Waals surface area contributed by atoms with Gasteiger partial charge in [-0.05, 0) is 24.6 Å². The van der Waals surface area contributed by atoms with Crippen LogP contribution < -0.4 is 5.32 Å². The van der Waals surface area contributed by atoms with E-state index in [1.165, 1.54) is 44.3 Å². The zero-order valence-corrected chi connectivity index (χ0v) is 15.6. The van der Waals surface area contributed by atoms with Crippen LogP contribution in [0.1, 0.15) is 28.4 Å². The van der Waals surface area contributed by atoms with Gasteiger partial charge in [0, 0.05) is 19.4 Å². The van der Waals surface area contributed by atoms with E-state index in [0.717, 1.165) is 17.0 Å².